The van der Waals surface area contributed by atoms with Crippen molar-refractivity contribution in [3.63, 3.8) is 0 Å². The summed E-state index contributed by atoms with van der Waals surface area (Å²) in [6.07, 6.45) is 3.87. The van der Waals surface area contributed by atoms with Crippen molar-refractivity contribution in [1.82, 2.24) is 14.5 Å². The second-order valence-electron chi connectivity index (χ2n) is 6.35. The summed E-state index contributed by atoms with van der Waals surface area (Å²) in [5, 5.41) is 11.8. The van der Waals surface area contributed by atoms with E-state index in [-0.39, 0.29) is 10.8 Å². The van der Waals surface area contributed by atoms with Crippen LogP contribution in [0.3, 0.4) is 0 Å². The molecule has 0 unspecified atom stereocenters. The van der Waals surface area contributed by atoms with Crippen molar-refractivity contribution in [2.75, 3.05) is 14.2 Å². The van der Waals surface area contributed by atoms with Crippen molar-refractivity contribution < 1.29 is 14.6 Å². The fraction of sp³-hybridized carbons (Fsp3) is 0.286. The van der Waals surface area contributed by atoms with Gasteiger partial charge in [-0.05, 0) is 46.6 Å². The number of aromatic nitrogens is 3. The first-order valence-corrected chi connectivity index (χ1v) is 11.0. The highest BCUT2D eigenvalue weighted by Gasteiger charge is 2.23. The number of halogens is 1. The molecule has 3 rings (SSSR count). The van der Waals surface area contributed by atoms with Gasteiger partial charge >= 0.3 is 0 Å². The van der Waals surface area contributed by atoms with E-state index in [0.29, 0.717) is 34.5 Å². The molecule has 9 heteroatoms. The van der Waals surface area contributed by atoms with Crippen molar-refractivity contribution in [1.29, 1.82) is 0 Å². The third-order valence-corrected chi connectivity index (χ3v) is 5.87. The second-order valence-corrected chi connectivity index (χ2v) is 8.30. The predicted molar refractivity (Wildman–Crippen MR) is 119 cm³/mol. The second kappa shape index (κ2) is 9.99. The van der Waals surface area contributed by atoms with Crippen LogP contribution in [0.15, 0.2) is 55.7 Å². The summed E-state index contributed by atoms with van der Waals surface area (Å²) in [4.78, 5) is 21.4. The van der Waals surface area contributed by atoms with Gasteiger partial charge in [0.25, 0.3) is 5.56 Å². The third kappa shape index (κ3) is 4.62. The molecule has 0 aliphatic heterocycles. The van der Waals surface area contributed by atoms with Crippen molar-refractivity contribution >= 4 is 27.7 Å². The molecule has 0 bridgehead atoms. The minimum absolute atomic E-state index is 0.0815. The van der Waals surface area contributed by atoms with Crippen LogP contribution in [0, 0.1) is 0 Å². The lowest BCUT2D eigenvalue weighted by Gasteiger charge is -2.20. The van der Waals surface area contributed by atoms with Gasteiger partial charge in [-0.1, -0.05) is 31.2 Å². The molecule has 3 aromatic rings. The number of aromatic hydroxyl groups is 1. The summed E-state index contributed by atoms with van der Waals surface area (Å²) < 4.78 is 13.4. The SMILES string of the molecule is CCCCc1nc(=O)c(Sc2ccc(Br)cn2)c(O)n1-c1c(OC)cccc1OC. The number of hydrogen-bond donors (Lipinski definition) is 1. The molecule has 158 valence electrons. The zero-order valence-electron chi connectivity index (χ0n) is 16.9. The molecule has 0 aliphatic carbocycles. The fourth-order valence-corrected chi connectivity index (χ4v) is 3.94. The summed E-state index contributed by atoms with van der Waals surface area (Å²) in [7, 11) is 3.08. The summed E-state index contributed by atoms with van der Waals surface area (Å²) in [6.45, 7) is 2.05. The van der Waals surface area contributed by atoms with E-state index >= 15 is 0 Å². The molecule has 0 spiro atoms. The Balaban J connectivity index is 2.25. The van der Waals surface area contributed by atoms with Crippen LogP contribution in [0.25, 0.3) is 5.69 Å². The van der Waals surface area contributed by atoms with Crippen LogP contribution in [0.5, 0.6) is 17.4 Å². The molecule has 0 radical (unpaired) electrons. The lowest BCUT2D eigenvalue weighted by atomic mass is 10.2. The number of pyridine rings is 1. The Morgan fingerprint density at radius 3 is 2.43 bits per heavy atom. The Morgan fingerprint density at radius 2 is 1.87 bits per heavy atom. The molecule has 0 fully saturated rings. The Bertz CT molecular complexity index is 1060. The molecule has 30 heavy (non-hydrogen) atoms. The van der Waals surface area contributed by atoms with Gasteiger partial charge in [-0.2, -0.15) is 4.98 Å². The van der Waals surface area contributed by atoms with Crippen LogP contribution < -0.4 is 15.0 Å². The maximum Gasteiger partial charge on any atom is 0.290 e. The van der Waals surface area contributed by atoms with Crippen molar-refractivity contribution in [2.24, 2.45) is 0 Å². The van der Waals surface area contributed by atoms with E-state index in [4.69, 9.17) is 9.47 Å². The molecule has 2 aromatic heterocycles. The number of benzene rings is 1. The Hall–Kier alpha value is -2.52. The van der Waals surface area contributed by atoms with Gasteiger partial charge in [-0.15, -0.1) is 0 Å². The van der Waals surface area contributed by atoms with Crippen molar-refractivity contribution in [2.45, 2.75) is 36.1 Å². The van der Waals surface area contributed by atoms with E-state index in [1.54, 1.807) is 44.7 Å². The highest BCUT2D eigenvalue weighted by molar-refractivity contribution is 9.10. The normalized spacial score (nSPS) is 10.8. The zero-order chi connectivity index (χ0) is 21.7. The minimum atomic E-state index is -0.501. The van der Waals surface area contributed by atoms with Crippen molar-refractivity contribution in [3.05, 3.63) is 57.2 Å². The van der Waals surface area contributed by atoms with E-state index in [1.807, 2.05) is 6.07 Å². The maximum atomic E-state index is 12.8. The van der Waals surface area contributed by atoms with Crippen LogP contribution in [0.4, 0.5) is 0 Å². The number of rotatable bonds is 8. The molecule has 0 saturated heterocycles. The van der Waals surface area contributed by atoms with Gasteiger partial charge in [-0.25, -0.2) is 4.98 Å². The monoisotopic (exact) mass is 491 g/mol. The fourth-order valence-electron chi connectivity index (χ4n) is 2.94. The molecule has 0 saturated carbocycles. The smallest absolute Gasteiger partial charge is 0.290 e. The number of methoxy groups -OCH3 is 2. The van der Waals surface area contributed by atoms with E-state index in [2.05, 4.69) is 32.8 Å². The molecule has 2 heterocycles. The van der Waals surface area contributed by atoms with Crippen LogP contribution in [-0.4, -0.2) is 33.9 Å². The van der Waals surface area contributed by atoms with Gasteiger partial charge in [0.15, 0.2) is 0 Å². The maximum absolute atomic E-state index is 12.8. The van der Waals surface area contributed by atoms with E-state index in [0.717, 1.165) is 29.1 Å². The first-order chi connectivity index (χ1) is 14.5. The highest BCUT2D eigenvalue weighted by Crippen LogP contribution is 2.39. The van der Waals surface area contributed by atoms with Gasteiger partial charge in [-0.3, -0.25) is 9.36 Å². The standard InChI is InChI=1S/C21H22BrN3O4S/c1-4-5-9-16-24-20(26)19(30-17-11-10-13(22)12-23-17)21(27)25(16)18-14(28-2)7-6-8-15(18)29-3/h6-8,10-12,27H,4-5,9H2,1-3H3. The van der Waals surface area contributed by atoms with E-state index in [1.165, 1.54) is 4.57 Å². The molecule has 1 N–H and O–H groups in total. The molecule has 0 atom stereocenters. The molecular weight excluding hydrogens is 470 g/mol. The average molecular weight is 492 g/mol. The summed E-state index contributed by atoms with van der Waals surface area (Å²) in [6, 6.07) is 8.90. The predicted octanol–water partition coefficient (Wildman–Crippen LogP) is 4.61. The van der Waals surface area contributed by atoms with Gasteiger partial charge in [0, 0.05) is 17.1 Å². The van der Waals surface area contributed by atoms with Crippen LogP contribution in [0.2, 0.25) is 0 Å². The van der Waals surface area contributed by atoms with E-state index in [9.17, 15) is 9.90 Å². The molecular formula is C21H22BrN3O4S. The lowest BCUT2D eigenvalue weighted by Crippen LogP contribution is -2.20. The Kier molecular flexibility index (Phi) is 7.38. The molecule has 1 aromatic carbocycles. The van der Waals surface area contributed by atoms with Gasteiger partial charge < -0.3 is 14.6 Å². The summed E-state index contributed by atoms with van der Waals surface area (Å²) in [5.74, 6) is 1.20. The zero-order valence-corrected chi connectivity index (χ0v) is 19.3. The Labute approximate surface area is 187 Å². The number of hydrogen-bond acceptors (Lipinski definition) is 7. The molecule has 7 nitrogen and oxygen atoms in total. The number of aryl methyl sites for hydroxylation is 1. The highest BCUT2D eigenvalue weighted by atomic mass is 79.9. The topological polar surface area (TPSA) is 86.5 Å². The van der Waals surface area contributed by atoms with Crippen LogP contribution in [0.1, 0.15) is 25.6 Å². The minimum Gasteiger partial charge on any atom is -0.494 e. The third-order valence-electron chi connectivity index (χ3n) is 4.38. The first kappa shape index (κ1) is 22.2. The number of unbranched alkanes of at least 4 members (excludes halogenated alkanes) is 1. The molecule has 0 aliphatic rings. The quantitative estimate of drug-likeness (QED) is 0.492. The molecule has 0 amide bonds. The van der Waals surface area contributed by atoms with Gasteiger partial charge in [0.05, 0.1) is 14.2 Å². The summed E-state index contributed by atoms with van der Waals surface area (Å²) in [5.41, 5.74) is -0.0114. The van der Waals surface area contributed by atoms with Gasteiger partial charge in [0.1, 0.15) is 32.9 Å². The lowest BCUT2D eigenvalue weighted by molar-refractivity contribution is 0.375. The Morgan fingerprint density at radius 1 is 1.17 bits per heavy atom. The van der Waals surface area contributed by atoms with Gasteiger partial charge in [0.2, 0.25) is 5.88 Å². The number of para-hydroxylation sites is 1. The summed E-state index contributed by atoms with van der Waals surface area (Å²) >= 11 is 4.40. The first-order valence-electron chi connectivity index (χ1n) is 9.35. The van der Waals surface area contributed by atoms with Crippen LogP contribution >= 0.6 is 27.7 Å². The number of nitrogens with zero attached hydrogens (tertiary/aromatic N) is 3. The number of ether oxygens (including phenoxy) is 2. The van der Waals surface area contributed by atoms with E-state index < -0.39 is 5.56 Å². The largest absolute Gasteiger partial charge is 0.494 e. The van der Waals surface area contributed by atoms with Crippen LogP contribution in [-0.2, 0) is 6.42 Å². The average Bonchev–Trinajstić information content (AvgIpc) is 2.76. The van der Waals surface area contributed by atoms with Crippen molar-refractivity contribution in [3.8, 4) is 23.1 Å².